The van der Waals surface area contributed by atoms with Crippen LogP contribution in [0.5, 0.6) is 0 Å². The second kappa shape index (κ2) is 42.6. The number of carboxylic acid groups (broad SMARTS) is 1. The summed E-state index contributed by atoms with van der Waals surface area (Å²) in [5, 5.41) is 17.2. The number of ether oxygens (including phenoxy) is 6. The highest BCUT2D eigenvalue weighted by atomic mass is 16.6. The lowest BCUT2D eigenvalue weighted by Gasteiger charge is -2.29. The summed E-state index contributed by atoms with van der Waals surface area (Å²) < 4.78 is 33.4. The molecule has 18 heteroatoms. The maximum Gasteiger partial charge on any atom is 0.329 e. The average Bonchev–Trinajstić information content (AvgIpc) is 3.27. The number of carboxylic acids is 1. The van der Waals surface area contributed by atoms with Crippen LogP contribution in [-0.4, -0.2) is 161 Å². The van der Waals surface area contributed by atoms with Gasteiger partial charge in [-0.3, -0.25) is 28.8 Å². The lowest BCUT2D eigenvalue weighted by Crippen LogP contribution is -2.46. The lowest BCUT2D eigenvalue weighted by molar-refractivity contribution is -0.889. The van der Waals surface area contributed by atoms with Crippen molar-refractivity contribution in [3.8, 4) is 0 Å². The molecule has 0 aliphatic carbocycles. The number of unbranched alkanes of at least 4 members (excludes halogenated alkanes) is 15. The number of carbonyl (C=O) groups excluding carboxylic acids is 6. The molecule has 0 heterocycles. The van der Waals surface area contributed by atoms with Gasteiger partial charge in [0.1, 0.15) is 30.5 Å². The van der Waals surface area contributed by atoms with E-state index in [2.05, 4.69) is 30.0 Å². The van der Waals surface area contributed by atoms with Crippen molar-refractivity contribution in [2.24, 2.45) is 0 Å². The molecule has 18 nitrogen and oxygen atoms in total. The number of esters is 2. The van der Waals surface area contributed by atoms with Gasteiger partial charge in [-0.15, -0.1) is 0 Å². The Kier molecular flexibility index (Phi) is 40.4. The van der Waals surface area contributed by atoms with Gasteiger partial charge >= 0.3 is 17.9 Å². The van der Waals surface area contributed by atoms with E-state index in [0.29, 0.717) is 51.9 Å². The lowest BCUT2D eigenvalue weighted by atomic mass is 10.0. The molecule has 0 bridgehead atoms. The molecule has 0 aliphatic rings. The molecule has 0 rings (SSSR count). The molecule has 0 aliphatic heterocycles. The van der Waals surface area contributed by atoms with Crippen molar-refractivity contribution in [3.05, 3.63) is 0 Å². The summed E-state index contributed by atoms with van der Waals surface area (Å²) in [5.74, 6) is -2.20. The van der Waals surface area contributed by atoms with Crippen LogP contribution < -0.4 is 16.0 Å². The SMILES string of the molecule is CC(C)(C)OC(=O)CCCCCCCCCCCCCCCCC(=O)N[C@@H](CCC(=O)NCCOCCOCC(=O)CCCOCCOCC(=O)NCC[N+](C)(C)CCCCCC(=O)O)C(=O)OC(C)(C)C. The zero-order chi connectivity index (χ0) is 53.9. The van der Waals surface area contributed by atoms with Gasteiger partial charge in [-0.1, -0.05) is 77.0 Å². The van der Waals surface area contributed by atoms with E-state index >= 15 is 0 Å². The van der Waals surface area contributed by atoms with E-state index in [4.69, 9.17) is 33.5 Å². The Bertz CT molecular complexity index is 1480. The predicted molar refractivity (Wildman–Crippen MR) is 278 cm³/mol. The van der Waals surface area contributed by atoms with E-state index in [1.54, 1.807) is 20.8 Å². The Hall–Kier alpha value is -3.71. The number of likely N-dealkylation sites (N-methyl/N-ethyl adjacent to an activating group) is 1. The van der Waals surface area contributed by atoms with Crippen LogP contribution in [0, 0.1) is 0 Å². The minimum absolute atomic E-state index is 0.0199. The summed E-state index contributed by atoms with van der Waals surface area (Å²) >= 11 is 0. The van der Waals surface area contributed by atoms with Gasteiger partial charge in [0.15, 0.2) is 5.78 Å². The third kappa shape index (κ3) is 48.6. The predicted octanol–water partition coefficient (Wildman–Crippen LogP) is 7.55. The summed E-state index contributed by atoms with van der Waals surface area (Å²) in [6, 6.07) is -0.932. The van der Waals surface area contributed by atoms with Crippen LogP contribution in [0.2, 0.25) is 0 Å². The third-order valence-corrected chi connectivity index (χ3v) is 11.4. The molecule has 0 saturated carbocycles. The summed E-state index contributed by atoms with van der Waals surface area (Å²) in [6.45, 7) is 14.9. The Balaban J connectivity index is 3.96. The van der Waals surface area contributed by atoms with Gasteiger partial charge in [-0.2, -0.15) is 0 Å². The number of hydrogen-bond acceptors (Lipinski definition) is 13. The second-order valence-electron chi connectivity index (χ2n) is 21.5. The van der Waals surface area contributed by atoms with Crippen molar-refractivity contribution in [2.75, 3.05) is 93.1 Å². The molecule has 0 aromatic rings. The first kappa shape index (κ1) is 68.3. The monoisotopic (exact) mass is 1030 g/mol. The average molecular weight is 1030 g/mol. The van der Waals surface area contributed by atoms with E-state index in [-0.39, 0.29) is 94.9 Å². The molecule has 0 aromatic carbocycles. The smallest absolute Gasteiger partial charge is 0.329 e. The number of carbonyl (C=O) groups is 7. The minimum Gasteiger partial charge on any atom is -0.481 e. The number of Topliss-reactive ketones (excluding diaryl/α,β-unsaturated/α-hetero) is 1. The van der Waals surface area contributed by atoms with Crippen LogP contribution >= 0.6 is 0 Å². The highest BCUT2D eigenvalue weighted by Crippen LogP contribution is 2.16. The van der Waals surface area contributed by atoms with Crippen molar-refractivity contribution in [1.29, 1.82) is 0 Å². The van der Waals surface area contributed by atoms with Gasteiger partial charge in [0, 0.05) is 45.3 Å². The summed E-state index contributed by atoms with van der Waals surface area (Å²) in [7, 11) is 4.17. The molecule has 0 unspecified atom stereocenters. The number of hydrogen-bond donors (Lipinski definition) is 4. The number of rotatable bonds is 48. The number of nitrogens with zero attached hydrogens (tertiary/aromatic N) is 1. The van der Waals surface area contributed by atoms with Crippen LogP contribution in [0.3, 0.4) is 0 Å². The molecule has 0 fully saturated rings. The van der Waals surface area contributed by atoms with Crippen molar-refractivity contribution < 1.29 is 71.6 Å². The Morgan fingerprint density at radius 3 is 1.51 bits per heavy atom. The maximum atomic E-state index is 12.9. The first-order valence-corrected chi connectivity index (χ1v) is 27.2. The standard InChI is InChI=1S/C54H100N4O14/c1-53(2,3)71-51(65)30-24-20-18-16-14-12-10-9-11-13-15-17-19-22-28-48(61)57-46(52(66)72-54(4,5)6)31-32-47(60)56-34-38-68-40-41-69-43-45(59)27-26-37-67-39-42-70-44-49(62)55-33-36-58(7,8)35-25-21-23-29-50(63)64/h46H,9-44H2,1-8H3,(H3-,55,56,57,60,61,62,63,64)/p+1/t46-/m0/s1. The fraction of sp³-hybridized carbons (Fsp3) is 0.870. The van der Waals surface area contributed by atoms with Crippen LogP contribution in [-0.2, 0) is 62.0 Å². The van der Waals surface area contributed by atoms with Crippen molar-refractivity contribution in [3.63, 3.8) is 0 Å². The molecule has 0 aromatic heterocycles. The van der Waals surface area contributed by atoms with Gasteiger partial charge in [0.2, 0.25) is 17.7 Å². The van der Waals surface area contributed by atoms with E-state index in [0.717, 1.165) is 68.9 Å². The zero-order valence-electron chi connectivity index (χ0n) is 46.2. The molecule has 72 heavy (non-hydrogen) atoms. The Labute approximate surface area is 433 Å². The molecule has 0 spiro atoms. The topological polar surface area (TPSA) is 231 Å². The van der Waals surface area contributed by atoms with Gasteiger partial charge in [-0.25, -0.2) is 4.79 Å². The summed E-state index contributed by atoms with van der Waals surface area (Å²) in [6.07, 6.45) is 20.1. The van der Waals surface area contributed by atoms with Crippen molar-refractivity contribution in [1.82, 2.24) is 16.0 Å². The number of nitrogens with one attached hydrogen (secondary N) is 3. The number of quaternary nitrogens is 1. The number of amides is 3. The normalized spacial score (nSPS) is 12.3. The van der Waals surface area contributed by atoms with Gasteiger partial charge in [0.25, 0.3) is 0 Å². The number of aliphatic carboxylic acids is 1. The molecular formula is C54H101N4O14+. The quantitative estimate of drug-likeness (QED) is 0.0262. The largest absolute Gasteiger partial charge is 0.481 e. The van der Waals surface area contributed by atoms with E-state index in [9.17, 15) is 33.6 Å². The molecule has 1 atom stereocenters. The molecule has 420 valence electrons. The highest BCUT2D eigenvalue weighted by Gasteiger charge is 2.27. The minimum atomic E-state index is -0.932. The fourth-order valence-electron chi connectivity index (χ4n) is 7.47. The zero-order valence-corrected chi connectivity index (χ0v) is 46.2. The van der Waals surface area contributed by atoms with E-state index < -0.39 is 29.2 Å². The third-order valence-electron chi connectivity index (χ3n) is 11.4. The molecule has 0 radical (unpaired) electrons. The van der Waals surface area contributed by atoms with Crippen molar-refractivity contribution in [2.45, 2.75) is 213 Å². The van der Waals surface area contributed by atoms with E-state index in [1.165, 1.54) is 51.4 Å². The van der Waals surface area contributed by atoms with E-state index in [1.807, 2.05) is 20.8 Å². The number of ketones is 1. The Morgan fingerprint density at radius 1 is 0.458 bits per heavy atom. The fourth-order valence-corrected chi connectivity index (χ4v) is 7.47. The molecular weight excluding hydrogens is 929 g/mol. The first-order valence-electron chi connectivity index (χ1n) is 27.2. The van der Waals surface area contributed by atoms with Crippen LogP contribution in [0.15, 0.2) is 0 Å². The molecule has 0 saturated heterocycles. The molecule has 3 amide bonds. The second-order valence-corrected chi connectivity index (χ2v) is 21.5. The highest BCUT2D eigenvalue weighted by molar-refractivity contribution is 5.85. The van der Waals surface area contributed by atoms with Crippen LogP contribution in [0.1, 0.15) is 196 Å². The van der Waals surface area contributed by atoms with Gasteiger partial charge < -0.3 is 54.0 Å². The van der Waals surface area contributed by atoms with Gasteiger partial charge in [-0.05, 0) is 86.5 Å². The summed E-state index contributed by atoms with van der Waals surface area (Å²) in [5.41, 5.74) is -1.15. The van der Waals surface area contributed by atoms with Crippen LogP contribution in [0.4, 0.5) is 0 Å². The molecule has 4 N–H and O–H groups in total. The van der Waals surface area contributed by atoms with Crippen molar-refractivity contribution >= 4 is 41.4 Å². The summed E-state index contributed by atoms with van der Waals surface area (Å²) in [4.78, 5) is 85.0. The maximum absolute atomic E-state index is 12.9. The van der Waals surface area contributed by atoms with Crippen LogP contribution in [0.25, 0.3) is 0 Å². The van der Waals surface area contributed by atoms with Gasteiger partial charge in [0.05, 0.1) is 66.8 Å². The first-order chi connectivity index (χ1) is 34.1. The Morgan fingerprint density at radius 2 is 0.944 bits per heavy atom.